The minimum atomic E-state index is -3.70. The molecule has 1 saturated heterocycles. The third kappa shape index (κ3) is 2.51. The Hall–Kier alpha value is -0.920. The predicted molar refractivity (Wildman–Crippen MR) is 62.0 cm³/mol. The van der Waals surface area contributed by atoms with Crippen molar-refractivity contribution in [2.24, 2.45) is 5.14 Å². The lowest BCUT2D eigenvalue weighted by molar-refractivity contribution is 0.0933. The first-order valence-corrected chi connectivity index (χ1v) is 7.12. The summed E-state index contributed by atoms with van der Waals surface area (Å²) in [5.74, 6) is 0. The molecular weight excluding hydrogens is 242 g/mol. The Labute approximate surface area is 101 Å². The lowest BCUT2D eigenvalue weighted by atomic mass is 10.2. The molecule has 1 aromatic rings. The molecule has 2 rings (SSSR count). The van der Waals surface area contributed by atoms with Crippen LogP contribution in [-0.4, -0.2) is 30.9 Å². The number of nitrogens with two attached hydrogens (primary N) is 1. The second-order valence-electron chi connectivity index (χ2n) is 4.36. The van der Waals surface area contributed by atoms with Crippen LogP contribution >= 0.6 is 0 Å². The van der Waals surface area contributed by atoms with Crippen LogP contribution in [0.4, 0.5) is 0 Å². The van der Waals surface area contributed by atoms with Crippen molar-refractivity contribution in [3.05, 3.63) is 11.4 Å². The van der Waals surface area contributed by atoms with Gasteiger partial charge in [-0.1, -0.05) is 0 Å². The fourth-order valence-corrected chi connectivity index (χ4v) is 3.22. The van der Waals surface area contributed by atoms with Crippen molar-refractivity contribution in [3.63, 3.8) is 0 Å². The Morgan fingerprint density at radius 2 is 2.24 bits per heavy atom. The highest BCUT2D eigenvalue weighted by atomic mass is 32.2. The van der Waals surface area contributed by atoms with Crippen molar-refractivity contribution in [1.82, 2.24) is 9.78 Å². The van der Waals surface area contributed by atoms with Gasteiger partial charge >= 0.3 is 0 Å². The summed E-state index contributed by atoms with van der Waals surface area (Å²) in [6.45, 7) is 4.72. The Morgan fingerprint density at radius 1 is 1.53 bits per heavy atom. The van der Waals surface area contributed by atoms with E-state index in [0.717, 1.165) is 19.4 Å². The van der Waals surface area contributed by atoms with Crippen molar-refractivity contribution in [2.75, 3.05) is 6.61 Å². The fourth-order valence-electron chi connectivity index (χ4n) is 2.25. The molecule has 1 atom stereocenters. The van der Waals surface area contributed by atoms with Gasteiger partial charge in [0.25, 0.3) is 0 Å². The number of nitrogens with zero attached hydrogens (tertiary/aromatic N) is 2. The molecule has 96 valence electrons. The van der Waals surface area contributed by atoms with E-state index in [-0.39, 0.29) is 11.0 Å². The average Bonchev–Trinajstić information content (AvgIpc) is 2.75. The number of ether oxygens (including phenoxy) is 1. The molecule has 0 bridgehead atoms. The number of hydrogen-bond donors (Lipinski definition) is 1. The maximum atomic E-state index is 11.4. The lowest BCUT2D eigenvalue weighted by Gasteiger charge is -2.10. The normalized spacial score (nSPS) is 21.0. The van der Waals surface area contributed by atoms with E-state index >= 15 is 0 Å². The summed E-state index contributed by atoms with van der Waals surface area (Å²) < 4.78 is 30.0. The molecule has 0 amide bonds. The van der Waals surface area contributed by atoms with Crippen LogP contribution in [0, 0.1) is 13.8 Å². The number of sulfonamides is 1. The Morgan fingerprint density at radius 3 is 2.71 bits per heavy atom. The van der Waals surface area contributed by atoms with Crippen molar-refractivity contribution in [2.45, 2.75) is 44.2 Å². The highest BCUT2D eigenvalue weighted by molar-refractivity contribution is 7.89. The van der Waals surface area contributed by atoms with Crippen LogP contribution in [0.5, 0.6) is 0 Å². The third-order valence-electron chi connectivity index (χ3n) is 3.00. The Kier molecular flexibility index (Phi) is 3.24. The quantitative estimate of drug-likeness (QED) is 0.847. The van der Waals surface area contributed by atoms with Gasteiger partial charge < -0.3 is 4.74 Å². The zero-order valence-electron chi connectivity index (χ0n) is 10.0. The minimum Gasteiger partial charge on any atom is -0.376 e. The largest absolute Gasteiger partial charge is 0.376 e. The van der Waals surface area contributed by atoms with Crippen LogP contribution in [0.25, 0.3) is 0 Å². The lowest BCUT2D eigenvalue weighted by Crippen LogP contribution is -2.18. The summed E-state index contributed by atoms with van der Waals surface area (Å²) in [5, 5.41) is 9.39. The fraction of sp³-hybridized carbons (Fsp3) is 0.700. The number of primary sulfonamides is 1. The van der Waals surface area contributed by atoms with E-state index in [2.05, 4.69) is 5.10 Å². The van der Waals surface area contributed by atoms with Crippen LogP contribution in [0.15, 0.2) is 4.90 Å². The molecule has 17 heavy (non-hydrogen) atoms. The zero-order chi connectivity index (χ0) is 12.6. The molecular formula is C10H17N3O3S. The molecule has 0 aliphatic carbocycles. The molecule has 0 spiro atoms. The molecule has 1 aliphatic heterocycles. The number of aryl methyl sites for hydroxylation is 1. The van der Waals surface area contributed by atoms with E-state index in [4.69, 9.17) is 9.88 Å². The second-order valence-corrected chi connectivity index (χ2v) is 5.86. The van der Waals surface area contributed by atoms with E-state index in [0.29, 0.717) is 17.9 Å². The molecule has 0 saturated carbocycles. The van der Waals surface area contributed by atoms with Gasteiger partial charge in [-0.15, -0.1) is 0 Å². The van der Waals surface area contributed by atoms with Crippen LogP contribution in [0.3, 0.4) is 0 Å². The van der Waals surface area contributed by atoms with Gasteiger partial charge in [-0.25, -0.2) is 13.6 Å². The highest BCUT2D eigenvalue weighted by Crippen LogP contribution is 2.20. The van der Waals surface area contributed by atoms with Gasteiger partial charge in [0.05, 0.1) is 24.0 Å². The highest BCUT2D eigenvalue weighted by Gasteiger charge is 2.23. The summed E-state index contributed by atoms with van der Waals surface area (Å²) in [6, 6.07) is 0. The van der Waals surface area contributed by atoms with Gasteiger partial charge in [0.1, 0.15) is 4.90 Å². The third-order valence-corrected chi connectivity index (χ3v) is 4.16. The van der Waals surface area contributed by atoms with Gasteiger partial charge in [0, 0.05) is 6.61 Å². The first-order chi connectivity index (χ1) is 7.89. The minimum absolute atomic E-state index is 0.126. The molecule has 1 aliphatic rings. The smallest absolute Gasteiger partial charge is 0.241 e. The van der Waals surface area contributed by atoms with E-state index in [9.17, 15) is 8.42 Å². The average molecular weight is 259 g/mol. The summed E-state index contributed by atoms with van der Waals surface area (Å²) in [7, 11) is -3.70. The van der Waals surface area contributed by atoms with Gasteiger partial charge in [-0.05, 0) is 26.7 Å². The maximum Gasteiger partial charge on any atom is 0.241 e. The summed E-state index contributed by atoms with van der Waals surface area (Å²) in [4.78, 5) is 0.135. The molecule has 6 nitrogen and oxygen atoms in total. The summed E-state index contributed by atoms with van der Waals surface area (Å²) in [6.07, 6.45) is 2.16. The van der Waals surface area contributed by atoms with E-state index < -0.39 is 10.0 Å². The molecule has 7 heteroatoms. The topological polar surface area (TPSA) is 87.2 Å². The van der Waals surface area contributed by atoms with Crippen molar-refractivity contribution < 1.29 is 13.2 Å². The zero-order valence-corrected chi connectivity index (χ0v) is 10.8. The molecule has 1 fully saturated rings. The second kappa shape index (κ2) is 4.40. The van der Waals surface area contributed by atoms with Crippen LogP contribution in [-0.2, 0) is 21.3 Å². The Balaban J connectivity index is 2.30. The summed E-state index contributed by atoms with van der Waals surface area (Å²) in [5.41, 5.74) is 1.03. The maximum absolute atomic E-state index is 11.4. The molecule has 2 heterocycles. The first-order valence-electron chi connectivity index (χ1n) is 5.58. The van der Waals surface area contributed by atoms with Gasteiger partial charge in [-0.2, -0.15) is 5.10 Å². The SMILES string of the molecule is Cc1nn(CC2CCCO2)c(C)c1S(N)(=O)=O. The summed E-state index contributed by atoms with van der Waals surface area (Å²) >= 11 is 0. The van der Waals surface area contributed by atoms with Crippen molar-refractivity contribution in [3.8, 4) is 0 Å². The molecule has 1 unspecified atom stereocenters. The van der Waals surface area contributed by atoms with E-state index in [1.807, 2.05) is 0 Å². The standard InChI is InChI=1S/C10H17N3O3S/c1-7-10(17(11,14)15)8(2)13(12-7)6-9-4-3-5-16-9/h9H,3-6H2,1-2H3,(H2,11,14,15). The van der Waals surface area contributed by atoms with Crippen LogP contribution < -0.4 is 5.14 Å². The Bertz CT molecular complexity index is 515. The van der Waals surface area contributed by atoms with Crippen molar-refractivity contribution >= 4 is 10.0 Å². The predicted octanol–water partition coefficient (Wildman–Crippen LogP) is 0.326. The molecule has 0 aromatic carbocycles. The molecule has 1 aromatic heterocycles. The van der Waals surface area contributed by atoms with Crippen LogP contribution in [0.1, 0.15) is 24.2 Å². The molecule has 0 radical (unpaired) electrons. The number of hydrogen-bond acceptors (Lipinski definition) is 4. The van der Waals surface area contributed by atoms with Gasteiger partial charge in [0.15, 0.2) is 0 Å². The van der Waals surface area contributed by atoms with E-state index in [1.165, 1.54) is 0 Å². The van der Waals surface area contributed by atoms with Gasteiger partial charge in [0.2, 0.25) is 10.0 Å². The van der Waals surface area contributed by atoms with Crippen LogP contribution in [0.2, 0.25) is 0 Å². The monoisotopic (exact) mass is 259 g/mol. The van der Waals surface area contributed by atoms with E-state index in [1.54, 1.807) is 18.5 Å². The first kappa shape index (κ1) is 12.5. The van der Waals surface area contributed by atoms with Gasteiger partial charge in [-0.3, -0.25) is 4.68 Å². The number of rotatable bonds is 3. The van der Waals surface area contributed by atoms with Crippen molar-refractivity contribution in [1.29, 1.82) is 0 Å². The number of aromatic nitrogens is 2. The molecule has 2 N–H and O–H groups in total.